The molecule has 0 unspecified atom stereocenters. The monoisotopic (exact) mass is 553 g/mol. The molecule has 0 bridgehead atoms. The largest absolute Gasteiger partial charge is 0.493 e. The summed E-state index contributed by atoms with van der Waals surface area (Å²) in [6, 6.07) is 8.64. The maximum atomic E-state index is 12.7. The number of nitrogens with one attached hydrogen (secondary N) is 2. The maximum Gasteiger partial charge on any atom is 0.416 e. The van der Waals surface area contributed by atoms with Crippen molar-refractivity contribution < 1.29 is 27.4 Å². The molecule has 31 heavy (non-hydrogen) atoms. The molecule has 0 radical (unpaired) electrons. The molecule has 6 nitrogen and oxygen atoms in total. The second-order valence-electron chi connectivity index (χ2n) is 6.28. The molecule has 0 saturated carbocycles. The number of rotatable bonds is 8. The molecule has 172 valence electrons. The lowest BCUT2D eigenvalue weighted by molar-refractivity contribution is -0.137. The maximum absolute atomic E-state index is 12.7. The molecule has 0 aliphatic rings. The third-order valence-electron chi connectivity index (χ3n) is 4.23. The number of guanidine groups is 1. The predicted molar refractivity (Wildman–Crippen MR) is 125 cm³/mol. The van der Waals surface area contributed by atoms with Crippen molar-refractivity contribution in [1.29, 1.82) is 0 Å². The molecular formula is C21H27F3IN3O3. The summed E-state index contributed by atoms with van der Waals surface area (Å²) >= 11 is 0. The van der Waals surface area contributed by atoms with Gasteiger partial charge in [0.15, 0.2) is 17.5 Å². The fraction of sp³-hybridized carbons (Fsp3) is 0.381. The second-order valence-corrected chi connectivity index (χ2v) is 6.28. The molecule has 0 spiro atoms. The summed E-state index contributed by atoms with van der Waals surface area (Å²) < 4.78 is 54.1. The van der Waals surface area contributed by atoms with Crippen LogP contribution in [0.1, 0.15) is 23.6 Å². The summed E-state index contributed by atoms with van der Waals surface area (Å²) in [5, 5.41) is 6.23. The minimum Gasteiger partial charge on any atom is -0.493 e. The number of ether oxygens (including phenoxy) is 3. The van der Waals surface area contributed by atoms with Gasteiger partial charge >= 0.3 is 6.18 Å². The minimum absolute atomic E-state index is 0. The summed E-state index contributed by atoms with van der Waals surface area (Å²) in [6.07, 6.45) is -4.34. The minimum atomic E-state index is -4.34. The highest BCUT2D eigenvalue weighted by molar-refractivity contribution is 14.0. The molecule has 2 aromatic rings. The number of benzene rings is 2. The lowest BCUT2D eigenvalue weighted by Crippen LogP contribution is -2.36. The van der Waals surface area contributed by atoms with Gasteiger partial charge < -0.3 is 24.8 Å². The predicted octanol–water partition coefficient (Wildman–Crippen LogP) is 4.60. The third-order valence-corrected chi connectivity index (χ3v) is 4.23. The highest BCUT2D eigenvalue weighted by atomic mass is 127. The van der Waals surface area contributed by atoms with Crippen LogP contribution in [0.2, 0.25) is 0 Å². The first-order chi connectivity index (χ1) is 14.3. The number of hydrogen-bond acceptors (Lipinski definition) is 4. The smallest absolute Gasteiger partial charge is 0.416 e. The van der Waals surface area contributed by atoms with Crippen molar-refractivity contribution in [1.82, 2.24) is 10.6 Å². The van der Waals surface area contributed by atoms with Crippen molar-refractivity contribution in [3.05, 3.63) is 53.1 Å². The highest BCUT2D eigenvalue weighted by Gasteiger charge is 2.29. The van der Waals surface area contributed by atoms with Crippen LogP contribution >= 0.6 is 24.0 Å². The number of halogens is 4. The Balaban J connectivity index is 0.00000480. The fourth-order valence-corrected chi connectivity index (χ4v) is 2.74. The average molecular weight is 553 g/mol. The summed E-state index contributed by atoms with van der Waals surface area (Å²) in [6.45, 7) is 3.22. The SMILES string of the molecule is CCNC(=NCc1cc(OC)c(OC)c(OC)c1)NCc1ccc(C(F)(F)F)cc1.I. The quantitative estimate of drug-likeness (QED) is 0.284. The Labute approximate surface area is 197 Å². The third kappa shape index (κ3) is 7.67. The van der Waals surface area contributed by atoms with Crippen LogP contribution in [-0.2, 0) is 19.3 Å². The zero-order chi connectivity index (χ0) is 22.1. The van der Waals surface area contributed by atoms with E-state index in [0.717, 1.165) is 17.7 Å². The highest BCUT2D eigenvalue weighted by Crippen LogP contribution is 2.38. The second kappa shape index (κ2) is 12.5. The van der Waals surface area contributed by atoms with E-state index in [4.69, 9.17) is 14.2 Å². The molecule has 2 N–H and O–H groups in total. The van der Waals surface area contributed by atoms with Crippen molar-refractivity contribution in [2.24, 2.45) is 4.99 Å². The van der Waals surface area contributed by atoms with E-state index in [2.05, 4.69) is 15.6 Å². The molecular weight excluding hydrogens is 526 g/mol. The summed E-state index contributed by atoms with van der Waals surface area (Å²) in [7, 11) is 4.62. The zero-order valence-electron chi connectivity index (χ0n) is 17.8. The first-order valence-electron chi connectivity index (χ1n) is 9.29. The van der Waals surface area contributed by atoms with E-state index in [-0.39, 0.29) is 24.0 Å². The van der Waals surface area contributed by atoms with Gasteiger partial charge in [0.05, 0.1) is 33.4 Å². The molecule has 0 aromatic heterocycles. The lowest BCUT2D eigenvalue weighted by Gasteiger charge is -2.14. The molecule has 0 aliphatic heterocycles. The van der Waals surface area contributed by atoms with Gasteiger partial charge in [0.1, 0.15) is 0 Å². The van der Waals surface area contributed by atoms with Crippen molar-refractivity contribution >= 4 is 29.9 Å². The van der Waals surface area contributed by atoms with E-state index in [1.165, 1.54) is 19.2 Å². The first-order valence-corrected chi connectivity index (χ1v) is 9.29. The molecule has 0 atom stereocenters. The first kappa shape index (κ1) is 26.7. The van der Waals surface area contributed by atoms with E-state index >= 15 is 0 Å². The summed E-state index contributed by atoms with van der Waals surface area (Å²) in [5.74, 6) is 2.10. The van der Waals surface area contributed by atoms with Gasteiger partial charge in [-0.3, -0.25) is 0 Å². The van der Waals surface area contributed by atoms with Crippen LogP contribution in [-0.4, -0.2) is 33.8 Å². The molecule has 0 fully saturated rings. The zero-order valence-corrected chi connectivity index (χ0v) is 20.1. The van der Waals surface area contributed by atoms with Gasteiger partial charge in [0, 0.05) is 13.1 Å². The summed E-state index contributed by atoms with van der Waals surface area (Å²) in [5.41, 5.74) is 0.881. The van der Waals surface area contributed by atoms with Crippen LogP contribution in [0.25, 0.3) is 0 Å². The summed E-state index contributed by atoms with van der Waals surface area (Å²) in [4.78, 5) is 4.52. The number of hydrogen-bond donors (Lipinski definition) is 2. The Hall–Kier alpha value is -2.37. The van der Waals surface area contributed by atoms with Crippen LogP contribution in [0.4, 0.5) is 13.2 Å². The molecule has 0 aliphatic carbocycles. The molecule has 0 heterocycles. The van der Waals surface area contributed by atoms with Gasteiger partial charge in [-0.15, -0.1) is 24.0 Å². The standard InChI is InChI=1S/C21H26F3N3O3.HI/c1-5-25-20(26-12-14-6-8-16(9-7-14)21(22,23)24)27-13-15-10-17(28-2)19(30-4)18(11-15)29-3;/h6-11H,5,12-13H2,1-4H3,(H2,25,26,27);1H. The van der Waals surface area contributed by atoms with Crippen molar-refractivity contribution in [2.45, 2.75) is 26.2 Å². The van der Waals surface area contributed by atoms with Crippen LogP contribution in [0.3, 0.4) is 0 Å². The molecule has 0 saturated heterocycles. The van der Waals surface area contributed by atoms with E-state index in [1.54, 1.807) is 14.2 Å². The van der Waals surface area contributed by atoms with Crippen molar-refractivity contribution in [2.75, 3.05) is 27.9 Å². The van der Waals surface area contributed by atoms with E-state index in [1.807, 2.05) is 19.1 Å². The van der Waals surface area contributed by atoms with Gasteiger partial charge in [-0.1, -0.05) is 12.1 Å². The van der Waals surface area contributed by atoms with Gasteiger partial charge in [-0.2, -0.15) is 13.2 Å². The van der Waals surface area contributed by atoms with Crippen LogP contribution in [0.5, 0.6) is 17.2 Å². The Kier molecular flexibility index (Phi) is 10.7. The molecule has 2 rings (SSSR count). The van der Waals surface area contributed by atoms with Gasteiger partial charge in [0.25, 0.3) is 0 Å². The molecule has 2 aromatic carbocycles. The van der Waals surface area contributed by atoms with E-state index in [0.29, 0.717) is 48.4 Å². The normalized spacial score (nSPS) is 11.4. The average Bonchev–Trinajstić information content (AvgIpc) is 2.74. The van der Waals surface area contributed by atoms with E-state index < -0.39 is 11.7 Å². The topological polar surface area (TPSA) is 64.1 Å². The Morgan fingerprint density at radius 2 is 1.48 bits per heavy atom. The van der Waals surface area contributed by atoms with Crippen molar-refractivity contribution in [3.63, 3.8) is 0 Å². The number of aliphatic imine (C=N–C) groups is 1. The number of alkyl halides is 3. The van der Waals surface area contributed by atoms with Crippen molar-refractivity contribution in [3.8, 4) is 17.2 Å². The Morgan fingerprint density at radius 1 is 0.903 bits per heavy atom. The lowest BCUT2D eigenvalue weighted by atomic mass is 10.1. The van der Waals surface area contributed by atoms with Gasteiger partial charge in [-0.05, 0) is 42.3 Å². The van der Waals surface area contributed by atoms with Crippen LogP contribution in [0.15, 0.2) is 41.4 Å². The van der Waals surface area contributed by atoms with Gasteiger partial charge in [0.2, 0.25) is 5.75 Å². The fourth-order valence-electron chi connectivity index (χ4n) is 2.74. The van der Waals surface area contributed by atoms with Crippen LogP contribution < -0.4 is 24.8 Å². The number of methoxy groups -OCH3 is 3. The molecule has 0 amide bonds. The number of nitrogens with zero attached hydrogens (tertiary/aromatic N) is 1. The Bertz CT molecular complexity index is 834. The van der Waals surface area contributed by atoms with Gasteiger partial charge in [-0.25, -0.2) is 4.99 Å². The molecule has 10 heteroatoms. The van der Waals surface area contributed by atoms with Crippen LogP contribution in [0, 0.1) is 0 Å². The van der Waals surface area contributed by atoms with E-state index in [9.17, 15) is 13.2 Å². The Morgan fingerprint density at radius 3 is 1.94 bits per heavy atom.